The van der Waals surface area contributed by atoms with Crippen LogP contribution in [0.1, 0.15) is 40.0 Å². The Morgan fingerprint density at radius 1 is 1.50 bits per heavy atom. The molecule has 0 amide bonds. The molecule has 96 valence electrons. The van der Waals surface area contributed by atoms with Crippen molar-refractivity contribution >= 4 is 0 Å². The number of nitrogens with one attached hydrogen (secondary N) is 1. The van der Waals surface area contributed by atoms with E-state index in [1.165, 1.54) is 12.8 Å². The maximum Gasteiger partial charge on any atom is 0.0623 e. The normalized spacial score (nSPS) is 22.1. The van der Waals surface area contributed by atoms with Crippen molar-refractivity contribution in [3.63, 3.8) is 0 Å². The van der Waals surface area contributed by atoms with Gasteiger partial charge < -0.3 is 15.3 Å². The summed E-state index contributed by atoms with van der Waals surface area (Å²) in [4.78, 5) is 2.39. The Morgan fingerprint density at radius 3 is 2.56 bits per heavy atom. The second-order valence-corrected chi connectivity index (χ2v) is 5.64. The number of hydrogen-bond donors (Lipinski definition) is 2. The zero-order valence-corrected chi connectivity index (χ0v) is 11.3. The predicted molar refractivity (Wildman–Crippen MR) is 68.6 cm³/mol. The highest BCUT2D eigenvalue weighted by atomic mass is 16.3. The molecule has 2 atom stereocenters. The van der Waals surface area contributed by atoms with Crippen LogP contribution in [0, 0.1) is 5.92 Å². The molecule has 1 fully saturated rings. The summed E-state index contributed by atoms with van der Waals surface area (Å²) >= 11 is 0. The van der Waals surface area contributed by atoms with Gasteiger partial charge in [0, 0.05) is 12.6 Å². The lowest BCUT2D eigenvalue weighted by Gasteiger charge is -2.36. The molecule has 1 saturated carbocycles. The molecule has 3 nitrogen and oxygen atoms in total. The Morgan fingerprint density at radius 2 is 2.12 bits per heavy atom. The summed E-state index contributed by atoms with van der Waals surface area (Å²) in [6.07, 6.45) is 3.87. The Hall–Kier alpha value is -0.120. The van der Waals surface area contributed by atoms with Crippen molar-refractivity contribution in [2.24, 2.45) is 5.92 Å². The fourth-order valence-corrected chi connectivity index (χ4v) is 2.22. The summed E-state index contributed by atoms with van der Waals surface area (Å²) < 4.78 is 0. The second kappa shape index (κ2) is 5.99. The highest BCUT2D eigenvalue weighted by Crippen LogP contribution is 2.34. The average molecular weight is 228 g/mol. The van der Waals surface area contributed by atoms with Gasteiger partial charge in [-0.1, -0.05) is 6.92 Å². The molecule has 0 aromatic heterocycles. The van der Waals surface area contributed by atoms with Crippen LogP contribution in [-0.4, -0.2) is 48.3 Å². The maximum absolute atomic E-state index is 9.51. The molecular formula is C13H28N2O. The Balaban J connectivity index is 2.40. The monoisotopic (exact) mass is 228 g/mol. The van der Waals surface area contributed by atoms with Gasteiger partial charge in [-0.2, -0.15) is 0 Å². The van der Waals surface area contributed by atoms with Crippen LogP contribution in [0.3, 0.4) is 0 Å². The van der Waals surface area contributed by atoms with Gasteiger partial charge in [0.25, 0.3) is 0 Å². The first-order valence-corrected chi connectivity index (χ1v) is 6.58. The van der Waals surface area contributed by atoms with Gasteiger partial charge in [0.05, 0.1) is 12.1 Å². The van der Waals surface area contributed by atoms with Crippen LogP contribution in [0.4, 0.5) is 0 Å². The molecule has 1 aliphatic carbocycles. The molecule has 0 spiro atoms. The van der Waals surface area contributed by atoms with Gasteiger partial charge in [-0.25, -0.2) is 0 Å². The molecule has 2 unspecified atom stereocenters. The van der Waals surface area contributed by atoms with Crippen LogP contribution < -0.4 is 5.32 Å². The van der Waals surface area contributed by atoms with Crippen LogP contribution in [-0.2, 0) is 0 Å². The van der Waals surface area contributed by atoms with Gasteiger partial charge in [-0.3, -0.25) is 0 Å². The van der Waals surface area contributed by atoms with Crippen LogP contribution in [0.2, 0.25) is 0 Å². The molecule has 0 saturated heterocycles. The fraction of sp³-hybridized carbons (Fsp3) is 1.00. The smallest absolute Gasteiger partial charge is 0.0623 e. The highest BCUT2D eigenvalue weighted by molar-refractivity contribution is 4.90. The van der Waals surface area contributed by atoms with Crippen molar-refractivity contribution in [3.05, 3.63) is 0 Å². The molecule has 0 aromatic rings. The summed E-state index contributed by atoms with van der Waals surface area (Å²) in [6.45, 7) is 8.66. The number of likely N-dealkylation sites (N-methyl/N-ethyl adjacent to an activating group) is 1. The van der Waals surface area contributed by atoms with Crippen LogP contribution in [0.5, 0.6) is 0 Å². The summed E-state index contributed by atoms with van der Waals surface area (Å²) in [6, 6.07) is 0.648. The van der Waals surface area contributed by atoms with E-state index >= 15 is 0 Å². The Bertz CT molecular complexity index is 206. The zero-order valence-electron chi connectivity index (χ0n) is 11.3. The minimum Gasteiger partial charge on any atom is -0.394 e. The van der Waals surface area contributed by atoms with Gasteiger partial charge in [-0.15, -0.1) is 0 Å². The number of aliphatic hydroxyl groups excluding tert-OH is 1. The first kappa shape index (κ1) is 13.9. The average Bonchev–Trinajstić information content (AvgIpc) is 3.09. The first-order valence-electron chi connectivity index (χ1n) is 6.58. The summed E-state index contributed by atoms with van der Waals surface area (Å²) in [5.41, 5.74) is -0.159. The van der Waals surface area contributed by atoms with E-state index in [0.29, 0.717) is 6.04 Å². The SMILES string of the molecule is CCCNC(C)(CO)CN(C)C(C)C1CC1. The molecule has 2 N–H and O–H groups in total. The molecule has 0 bridgehead atoms. The predicted octanol–water partition coefficient (Wildman–Crippen LogP) is 1.47. The van der Waals surface area contributed by atoms with Crippen molar-refractivity contribution < 1.29 is 5.11 Å². The van der Waals surface area contributed by atoms with Crippen molar-refractivity contribution in [3.8, 4) is 0 Å². The highest BCUT2D eigenvalue weighted by Gasteiger charge is 2.33. The zero-order chi connectivity index (χ0) is 12.2. The topological polar surface area (TPSA) is 35.5 Å². The van der Waals surface area contributed by atoms with Crippen LogP contribution in [0.25, 0.3) is 0 Å². The molecule has 0 aliphatic heterocycles. The third-order valence-electron chi connectivity index (χ3n) is 3.75. The molecule has 1 aliphatic rings. The summed E-state index contributed by atoms with van der Waals surface area (Å²) in [7, 11) is 2.17. The van der Waals surface area contributed by atoms with Gasteiger partial charge >= 0.3 is 0 Å². The van der Waals surface area contributed by atoms with E-state index in [1.807, 2.05) is 0 Å². The van der Waals surface area contributed by atoms with Crippen LogP contribution in [0.15, 0.2) is 0 Å². The molecule has 16 heavy (non-hydrogen) atoms. The second-order valence-electron chi connectivity index (χ2n) is 5.64. The summed E-state index contributed by atoms with van der Waals surface area (Å²) in [5, 5.41) is 13.0. The maximum atomic E-state index is 9.51. The Kier molecular flexibility index (Phi) is 5.22. The fourth-order valence-electron chi connectivity index (χ4n) is 2.22. The Labute approximate surface area is 100 Å². The molecule has 0 aromatic carbocycles. The quantitative estimate of drug-likeness (QED) is 0.660. The molecule has 1 rings (SSSR count). The third-order valence-corrected chi connectivity index (χ3v) is 3.75. The van der Waals surface area contributed by atoms with E-state index in [4.69, 9.17) is 0 Å². The standard InChI is InChI=1S/C13H28N2O/c1-5-8-14-13(3,10-16)9-15(4)11(2)12-6-7-12/h11-12,14,16H,5-10H2,1-4H3. The van der Waals surface area contributed by atoms with Gasteiger partial charge in [0.2, 0.25) is 0 Å². The molecular weight excluding hydrogens is 200 g/mol. The van der Waals surface area contributed by atoms with E-state index in [9.17, 15) is 5.11 Å². The number of rotatable bonds is 8. The van der Waals surface area contributed by atoms with Gasteiger partial charge in [-0.05, 0) is 52.6 Å². The largest absolute Gasteiger partial charge is 0.394 e. The van der Waals surface area contributed by atoms with E-state index in [1.54, 1.807) is 0 Å². The minimum atomic E-state index is -0.159. The molecule has 3 heteroatoms. The van der Waals surface area contributed by atoms with Crippen molar-refractivity contribution in [2.75, 3.05) is 26.7 Å². The third kappa shape index (κ3) is 4.04. The van der Waals surface area contributed by atoms with Gasteiger partial charge in [0.1, 0.15) is 0 Å². The lowest BCUT2D eigenvalue weighted by Crippen LogP contribution is -2.55. The summed E-state index contributed by atoms with van der Waals surface area (Å²) in [5.74, 6) is 0.888. The number of aliphatic hydroxyl groups is 1. The van der Waals surface area contributed by atoms with Crippen molar-refractivity contribution in [2.45, 2.75) is 51.6 Å². The lowest BCUT2D eigenvalue weighted by molar-refractivity contribution is 0.110. The number of nitrogens with zero attached hydrogens (tertiary/aromatic N) is 1. The van der Waals surface area contributed by atoms with E-state index in [-0.39, 0.29) is 12.1 Å². The van der Waals surface area contributed by atoms with E-state index in [0.717, 1.165) is 25.4 Å². The lowest BCUT2D eigenvalue weighted by atomic mass is 10.0. The van der Waals surface area contributed by atoms with Crippen molar-refractivity contribution in [1.82, 2.24) is 10.2 Å². The van der Waals surface area contributed by atoms with Crippen LogP contribution >= 0.6 is 0 Å². The first-order chi connectivity index (χ1) is 7.52. The van der Waals surface area contributed by atoms with E-state index in [2.05, 4.69) is 38.0 Å². The van der Waals surface area contributed by atoms with E-state index < -0.39 is 0 Å². The van der Waals surface area contributed by atoms with Crippen molar-refractivity contribution in [1.29, 1.82) is 0 Å². The van der Waals surface area contributed by atoms with Gasteiger partial charge in [0.15, 0.2) is 0 Å². The molecule has 0 heterocycles. The molecule has 0 radical (unpaired) electrons. The minimum absolute atomic E-state index is 0.159. The number of hydrogen-bond acceptors (Lipinski definition) is 3.